The summed E-state index contributed by atoms with van der Waals surface area (Å²) in [4.78, 5) is 42.2. The van der Waals surface area contributed by atoms with E-state index in [1.54, 1.807) is 13.0 Å². The second-order valence-electron chi connectivity index (χ2n) is 6.00. The number of imide groups is 1. The van der Waals surface area contributed by atoms with Gasteiger partial charge in [-0.25, -0.2) is 14.2 Å². The summed E-state index contributed by atoms with van der Waals surface area (Å²) in [6.07, 6.45) is 1.61. The average Bonchev–Trinajstić information content (AvgIpc) is 2.89. The lowest BCUT2D eigenvalue weighted by atomic mass is 9.87. The van der Waals surface area contributed by atoms with Crippen molar-refractivity contribution in [2.45, 2.75) is 18.9 Å². The maximum atomic E-state index is 13.2. The van der Waals surface area contributed by atoms with E-state index in [1.807, 2.05) is 0 Å². The maximum absolute atomic E-state index is 13.2. The summed E-state index contributed by atoms with van der Waals surface area (Å²) >= 11 is 5.73. The minimum atomic E-state index is -1.33. The SMILES string of the molecule is CCC1(c2ccc(F)cc2)NC(=O)N(CC(=O)Nc2ccc(Cl)cn2)C1=O. The smallest absolute Gasteiger partial charge is 0.319 e. The van der Waals surface area contributed by atoms with E-state index in [1.165, 1.54) is 36.5 Å². The van der Waals surface area contributed by atoms with Crippen molar-refractivity contribution >= 4 is 35.3 Å². The van der Waals surface area contributed by atoms with Gasteiger partial charge >= 0.3 is 6.03 Å². The van der Waals surface area contributed by atoms with E-state index in [4.69, 9.17) is 11.6 Å². The van der Waals surface area contributed by atoms with Crippen molar-refractivity contribution in [3.8, 4) is 0 Å². The molecule has 1 aliphatic heterocycles. The van der Waals surface area contributed by atoms with E-state index in [9.17, 15) is 18.8 Å². The van der Waals surface area contributed by atoms with Crippen LogP contribution in [-0.4, -0.2) is 34.3 Å². The Kier molecular flexibility index (Phi) is 5.09. The van der Waals surface area contributed by atoms with Crippen molar-refractivity contribution in [2.24, 2.45) is 0 Å². The van der Waals surface area contributed by atoms with Gasteiger partial charge in [0.25, 0.3) is 5.91 Å². The van der Waals surface area contributed by atoms with Crippen LogP contribution in [0.3, 0.4) is 0 Å². The van der Waals surface area contributed by atoms with Gasteiger partial charge in [0.15, 0.2) is 0 Å². The number of nitrogens with one attached hydrogen (secondary N) is 2. The highest BCUT2D eigenvalue weighted by Gasteiger charge is 2.51. The first-order valence-electron chi connectivity index (χ1n) is 8.17. The van der Waals surface area contributed by atoms with E-state index >= 15 is 0 Å². The molecule has 0 spiro atoms. The van der Waals surface area contributed by atoms with Crippen LogP contribution < -0.4 is 10.6 Å². The molecule has 1 saturated heterocycles. The molecule has 1 atom stereocenters. The fourth-order valence-electron chi connectivity index (χ4n) is 2.92. The van der Waals surface area contributed by atoms with Gasteiger partial charge in [-0.3, -0.25) is 14.5 Å². The zero-order chi connectivity index (χ0) is 19.6. The van der Waals surface area contributed by atoms with Crippen LogP contribution in [-0.2, 0) is 15.1 Å². The van der Waals surface area contributed by atoms with Crippen molar-refractivity contribution in [3.05, 3.63) is 59.0 Å². The number of pyridine rings is 1. The topological polar surface area (TPSA) is 91.4 Å². The number of aromatic nitrogens is 1. The van der Waals surface area contributed by atoms with Crippen molar-refractivity contribution in [3.63, 3.8) is 0 Å². The van der Waals surface area contributed by atoms with Crippen LogP contribution in [0.2, 0.25) is 5.02 Å². The van der Waals surface area contributed by atoms with Gasteiger partial charge in [0.1, 0.15) is 23.7 Å². The van der Waals surface area contributed by atoms with E-state index < -0.39 is 35.7 Å². The quantitative estimate of drug-likeness (QED) is 0.768. The van der Waals surface area contributed by atoms with Gasteiger partial charge in [-0.2, -0.15) is 0 Å². The zero-order valence-corrected chi connectivity index (χ0v) is 15.1. The molecule has 1 fully saturated rings. The molecule has 2 aromatic rings. The Bertz CT molecular complexity index is 888. The Hall–Kier alpha value is -3.00. The van der Waals surface area contributed by atoms with Gasteiger partial charge in [0, 0.05) is 6.20 Å². The number of nitrogens with zero attached hydrogens (tertiary/aromatic N) is 2. The van der Waals surface area contributed by atoms with Crippen LogP contribution in [0.1, 0.15) is 18.9 Å². The lowest BCUT2D eigenvalue weighted by Gasteiger charge is -2.25. The van der Waals surface area contributed by atoms with Gasteiger partial charge in [-0.15, -0.1) is 0 Å². The van der Waals surface area contributed by atoms with Crippen LogP contribution in [0, 0.1) is 5.82 Å². The molecule has 1 aromatic heterocycles. The van der Waals surface area contributed by atoms with Crippen LogP contribution in [0.15, 0.2) is 42.6 Å². The van der Waals surface area contributed by atoms with Crippen LogP contribution >= 0.6 is 11.6 Å². The van der Waals surface area contributed by atoms with E-state index in [0.29, 0.717) is 10.6 Å². The normalized spacial score (nSPS) is 19.1. The highest BCUT2D eigenvalue weighted by atomic mass is 35.5. The number of amides is 4. The Morgan fingerprint density at radius 3 is 2.56 bits per heavy atom. The van der Waals surface area contributed by atoms with Crippen molar-refractivity contribution in [1.29, 1.82) is 0 Å². The number of carbonyl (C=O) groups is 3. The van der Waals surface area contributed by atoms with Gasteiger partial charge in [-0.05, 0) is 36.2 Å². The number of benzene rings is 1. The lowest BCUT2D eigenvalue weighted by molar-refractivity contribution is -0.134. The summed E-state index contributed by atoms with van der Waals surface area (Å²) < 4.78 is 13.2. The highest BCUT2D eigenvalue weighted by Crippen LogP contribution is 2.32. The second-order valence-corrected chi connectivity index (χ2v) is 6.43. The monoisotopic (exact) mass is 390 g/mol. The highest BCUT2D eigenvalue weighted by molar-refractivity contribution is 6.30. The number of anilines is 1. The first-order chi connectivity index (χ1) is 12.9. The lowest BCUT2D eigenvalue weighted by Crippen LogP contribution is -2.44. The molecule has 0 aliphatic carbocycles. The molecule has 2 N–H and O–H groups in total. The molecule has 9 heteroatoms. The van der Waals surface area contributed by atoms with E-state index in [2.05, 4.69) is 15.6 Å². The number of hydrogen-bond acceptors (Lipinski definition) is 4. The van der Waals surface area contributed by atoms with Crippen LogP contribution in [0.4, 0.5) is 15.0 Å². The molecule has 2 heterocycles. The summed E-state index contributed by atoms with van der Waals surface area (Å²) in [6.45, 7) is 1.25. The van der Waals surface area contributed by atoms with Crippen LogP contribution in [0.5, 0.6) is 0 Å². The molecule has 0 saturated carbocycles. The number of hydrogen-bond donors (Lipinski definition) is 2. The predicted octanol–water partition coefficient (Wildman–Crippen LogP) is 2.67. The zero-order valence-electron chi connectivity index (χ0n) is 14.3. The third-order valence-corrected chi connectivity index (χ3v) is 4.56. The summed E-state index contributed by atoms with van der Waals surface area (Å²) in [5.74, 6) is -1.36. The van der Waals surface area contributed by atoms with Gasteiger partial charge in [-0.1, -0.05) is 30.7 Å². The first kappa shape index (κ1) is 18.8. The summed E-state index contributed by atoms with van der Waals surface area (Å²) in [7, 11) is 0. The molecule has 1 aromatic carbocycles. The van der Waals surface area contributed by atoms with Gasteiger partial charge in [0.05, 0.1) is 5.02 Å². The second kappa shape index (κ2) is 7.32. The fourth-order valence-corrected chi connectivity index (χ4v) is 3.03. The minimum Gasteiger partial charge on any atom is -0.319 e. The van der Waals surface area contributed by atoms with Gasteiger partial charge < -0.3 is 10.6 Å². The molecule has 3 rings (SSSR count). The summed E-state index contributed by atoms with van der Waals surface area (Å²) in [5, 5.41) is 5.54. The molecule has 4 amide bonds. The third kappa shape index (κ3) is 3.61. The van der Waals surface area contributed by atoms with Crippen LogP contribution in [0.25, 0.3) is 0 Å². The number of carbonyl (C=O) groups excluding carboxylic acids is 3. The number of urea groups is 1. The molecule has 1 aliphatic rings. The summed E-state index contributed by atoms with van der Waals surface area (Å²) in [6, 6.07) is 7.68. The molecule has 1 unspecified atom stereocenters. The maximum Gasteiger partial charge on any atom is 0.325 e. The van der Waals surface area contributed by atoms with E-state index in [-0.39, 0.29) is 12.2 Å². The Morgan fingerprint density at radius 1 is 1.26 bits per heavy atom. The fraction of sp³-hybridized carbons (Fsp3) is 0.222. The predicted molar refractivity (Wildman–Crippen MR) is 96.5 cm³/mol. The van der Waals surface area contributed by atoms with E-state index in [0.717, 1.165) is 4.90 Å². The molecular weight excluding hydrogens is 375 g/mol. The third-order valence-electron chi connectivity index (χ3n) is 4.34. The van der Waals surface area contributed by atoms with Gasteiger partial charge in [0.2, 0.25) is 5.91 Å². The Morgan fingerprint density at radius 2 is 1.96 bits per heavy atom. The largest absolute Gasteiger partial charge is 0.325 e. The Balaban J connectivity index is 1.77. The minimum absolute atomic E-state index is 0.247. The number of rotatable bonds is 5. The molecule has 0 radical (unpaired) electrons. The molecule has 0 bridgehead atoms. The van der Waals surface area contributed by atoms with Crippen molar-refractivity contribution in [1.82, 2.24) is 15.2 Å². The first-order valence-corrected chi connectivity index (χ1v) is 8.55. The molecule has 27 heavy (non-hydrogen) atoms. The Labute approximate surface area is 159 Å². The van der Waals surface area contributed by atoms with Crippen molar-refractivity contribution in [2.75, 3.05) is 11.9 Å². The molecule has 140 valence electrons. The molecular formula is C18H16ClFN4O3. The molecule has 7 nitrogen and oxygen atoms in total. The standard InChI is InChI=1S/C18H16ClFN4O3/c1-2-18(11-3-6-13(20)7-4-11)16(26)24(17(27)23-18)10-15(25)22-14-8-5-12(19)9-21-14/h3-9H,2,10H2,1H3,(H,23,27)(H,21,22,25). The summed E-state index contributed by atoms with van der Waals surface area (Å²) in [5.41, 5.74) is -0.879. The van der Waals surface area contributed by atoms with Crippen molar-refractivity contribution < 1.29 is 18.8 Å². The average molecular weight is 391 g/mol. The number of halogens is 2.